The van der Waals surface area contributed by atoms with Crippen LogP contribution < -0.4 is 15.1 Å². The Morgan fingerprint density at radius 3 is 2.47 bits per heavy atom. The Balaban J connectivity index is 1.44. The van der Waals surface area contributed by atoms with Crippen molar-refractivity contribution in [3.05, 3.63) is 70.8 Å². The van der Waals surface area contributed by atoms with Crippen molar-refractivity contribution in [2.75, 3.05) is 29.4 Å². The van der Waals surface area contributed by atoms with Crippen molar-refractivity contribution in [1.82, 2.24) is 25.5 Å². The Hall–Kier alpha value is -3.55. The molecule has 0 spiro atoms. The van der Waals surface area contributed by atoms with E-state index in [1.807, 2.05) is 19.9 Å². The molecule has 0 bridgehead atoms. The van der Waals surface area contributed by atoms with Crippen molar-refractivity contribution in [2.24, 2.45) is 0 Å². The third-order valence-corrected chi connectivity index (χ3v) is 6.32. The van der Waals surface area contributed by atoms with Gasteiger partial charge < -0.3 is 15.1 Å². The number of hydrogen-bond acceptors (Lipinski definition) is 7. The summed E-state index contributed by atoms with van der Waals surface area (Å²) in [5, 5.41) is 12.1. The Kier molecular flexibility index (Phi) is 7.05. The molecule has 3 aromatic rings. The van der Waals surface area contributed by atoms with Crippen molar-refractivity contribution < 1.29 is 4.79 Å². The number of rotatable bonds is 6. The maximum atomic E-state index is 12.1. The summed E-state index contributed by atoms with van der Waals surface area (Å²) in [4.78, 5) is 25.5. The van der Waals surface area contributed by atoms with Gasteiger partial charge in [0.25, 0.3) is 5.91 Å². The van der Waals surface area contributed by atoms with Gasteiger partial charge in [-0.25, -0.2) is 9.97 Å². The molecule has 0 saturated carbocycles. The number of nitrogens with one attached hydrogen (secondary N) is 1. The van der Waals surface area contributed by atoms with Gasteiger partial charge >= 0.3 is 0 Å². The van der Waals surface area contributed by atoms with Gasteiger partial charge in [0.2, 0.25) is 0 Å². The second-order valence-electron chi connectivity index (χ2n) is 9.26. The fraction of sp³-hybridized carbons (Fsp3) is 0.423. The minimum absolute atomic E-state index is 0.0599. The lowest BCUT2D eigenvalue weighted by molar-refractivity contribution is 0.0937. The van der Waals surface area contributed by atoms with Crippen LogP contribution in [0.1, 0.15) is 53.6 Å². The summed E-state index contributed by atoms with van der Waals surface area (Å²) in [5.74, 6) is 1.53. The molecule has 0 aliphatic carbocycles. The Morgan fingerprint density at radius 1 is 1.06 bits per heavy atom. The minimum atomic E-state index is -0.202. The summed E-state index contributed by atoms with van der Waals surface area (Å²) in [6.45, 7) is 12.7. The smallest absolute Gasteiger partial charge is 0.271 e. The van der Waals surface area contributed by atoms with Crippen molar-refractivity contribution in [2.45, 2.75) is 53.1 Å². The van der Waals surface area contributed by atoms with E-state index in [1.54, 1.807) is 12.4 Å². The third-order valence-electron chi connectivity index (χ3n) is 6.32. The molecule has 1 aliphatic rings. The summed E-state index contributed by atoms with van der Waals surface area (Å²) < 4.78 is 0. The molecular formula is C26H33N7O. The van der Waals surface area contributed by atoms with Crippen LogP contribution in [0.3, 0.4) is 0 Å². The zero-order chi connectivity index (χ0) is 24.2. The fourth-order valence-corrected chi connectivity index (χ4v) is 4.31. The van der Waals surface area contributed by atoms with Gasteiger partial charge in [-0.05, 0) is 51.3 Å². The van der Waals surface area contributed by atoms with Gasteiger partial charge in [-0.1, -0.05) is 30.3 Å². The zero-order valence-electron chi connectivity index (χ0n) is 20.6. The zero-order valence-corrected chi connectivity index (χ0v) is 20.6. The van der Waals surface area contributed by atoms with Gasteiger partial charge in [0.05, 0.1) is 18.1 Å². The normalized spacial score (nSPS) is 16.1. The SMILES string of the molecule is Cc1c(Cc2ccccc2)nnc(N2CCN(c3cnc(C(=O)NC(C)C)cn3)[C@H](C)C2)c1C. The molecular weight excluding hydrogens is 426 g/mol. The number of carbonyl (C=O) groups excluding carboxylic acids is 1. The van der Waals surface area contributed by atoms with Gasteiger partial charge in [-0.2, -0.15) is 5.10 Å². The van der Waals surface area contributed by atoms with Gasteiger partial charge in [0.1, 0.15) is 11.5 Å². The lowest BCUT2D eigenvalue weighted by Crippen LogP contribution is -2.53. The number of carbonyl (C=O) groups is 1. The molecule has 1 fully saturated rings. The molecule has 0 unspecified atom stereocenters. The molecule has 1 aliphatic heterocycles. The monoisotopic (exact) mass is 459 g/mol. The first-order valence-corrected chi connectivity index (χ1v) is 11.8. The largest absolute Gasteiger partial charge is 0.351 e. The quantitative estimate of drug-likeness (QED) is 0.605. The van der Waals surface area contributed by atoms with Gasteiger partial charge in [0.15, 0.2) is 5.82 Å². The maximum Gasteiger partial charge on any atom is 0.271 e. The number of piperazine rings is 1. The molecule has 178 valence electrons. The molecule has 1 amide bonds. The molecule has 34 heavy (non-hydrogen) atoms. The number of hydrogen-bond donors (Lipinski definition) is 1. The molecule has 1 atom stereocenters. The highest BCUT2D eigenvalue weighted by atomic mass is 16.1. The first-order chi connectivity index (χ1) is 16.3. The number of anilines is 2. The van der Waals surface area contributed by atoms with E-state index >= 15 is 0 Å². The van der Waals surface area contributed by atoms with Crippen molar-refractivity contribution in [3.63, 3.8) is 0 Å². The average Bonchev–Trinajstić information content (AvgIpc) is 2.82. The predicted octanol–water partition coefficient (Wildman–Crippen LogP) is 3.33. The second-order valence-corrected chi connectivity index (χ2v) is 9.26. The van der Waals surface area contributed by atoms with E-state index in [9.17, 15) is 4.79 Å². The molecule has 3 heterocycles. The van der Waals surface area contributed by atoms with Gasteiger partial charge in [-0.3, -0.25) is 4.79 Å². The van der Waals surface area contributed by atoms with Crippen molar-refractivity contribution >= 4 is 17.5 Å². The first-order valence-electron chi connectivity index (χ1n) is 11.8. The standard InChI is InChI=1S/C26H33N7O/c1-17(2)29-26(34)23-14-28-24(15-27-23)33-12-11-32(16-18(33)3)25-20(5)19(4)22(30-31-25)13-21-9-7-6-8-10-21/h6-10,14-15,17-18H,11-13,16H2,1-5H3,(H,29,34)/t18-/m1/s1. The van der Waals surface area contributed by atoms with E-state index in [1.165, 1.54) is 16.7 Å². The van der Waals surface area contributed by atoms with Crippen molar-refractivity contribution in [1.29, 1.82) is 0 Å². The summed E-state index contributed by atoms with van der Waals surface area (Å²) in [6.07, 6.45) is 4.03. The van der Waals surface area contributed by atoms with Crippen LogP contribution in [-0.4, -0.2) is 57.8 Å². The fourth-order valence-electron chi connectivity index (χ4n) is 4.31. The van der Waals surface area contributed by atoms with Crippen LogP contribution in [0.2, 0.25) is 0 Å². The topological polar surface area (TPSA) is 87.1 Å². The van der Waals surface area contributed by atoms with Gasteiger partial charge in [-0.15, -0.1) is 5.10 Å². The van der Waals surface area contributed by atoms with E-state index < -0.39 is 0 Å². The van der Waals surface area contributed by atoms with Crippen LogP contribution >= 0.6 is 0 Å². The van der Waals surface area contributed by atoms with E-state index in [0.717, 1.165) is 43.4 Å². The summed E-state index contributed by atoms with van der Waals surface area (Å²) in [6, 6.07) is 10.7. The van der Waals surface area contributed by atoms with Crippen molar-refractivity contribution in [3.8, 4) is 0 Å². The Bertz CT molecular complexity index is 1130. The van der Waals surface area contributed by atoms with Crippen LogP contribution in [0.15, 0.2) is 42.7 Å². The summed E-state index contributed by atoms with van der Waals surface area (Å²) in [7, 11) is 0. The van der Waals surface area contributed by atoms with Crippen LogP contribution in [0.4, 0.5) is 11.6 Å². The average molecular weight is 460 g/mol. The highest BCUT2D eigenvalue weighted by Gasteiger charge is 2.27. The lowest BCUT2D eigenvalue weighted by Gasteiger charge is -2.41. The van der Waals surface area contributed by atoms with Gasteiger partial charge in [0, 0.05) is 38.1 Å². The van der Waals surface area contributed by atoms with E-state index in [2.05, 4.69) is 80.3 Å². The molecule has 2 aromatic heterocycles. The molecule has 1 aromatic carbocycles. The molecule has 4 rings (SSSR count). The Morgan fingerprint density at radius 2 is 1.82 bits per heavy atom. The van der Waals surface area contributed by atoms with Crippen LogP contribution in [-0.2, 0) is 6.42 Å². The highest BCUT2D eigenvalue weighted by Crippen LogP contribution is 2.26. The predicted molar refractivity (Wildman–Crippen MR) is 134 cm³/mol. The molecule has 8 nitrogen and oxygen atoms in total. The van der Waals surface area contributed by atoms with Crippen LogP contribution in [0.5, 0.6) is 0 Å². The van der Waals surface area contributed by atoms with E-state index in [-0.39, 0.29) is 18.0 Å². The van der Waals surface area contributed by atoms with Crippen LogP contribution in [0.25, 0.3) is 0 Å². The highest BCUT2D eigenvalue weighted by molar-refractivity contribution is 5.92. The Labute approximate surface area is 201 Å². The first kappa shape index (κ1) is 23.6. The number of benzene rings is 1. The molecule has 8 heteroatoms. The summed E-state index contributed by atoms with van der Waals surface area (Å²) in [5.41, 5.74) is 4.98. The lowest BCUT2D eigenvalue weighted by atomic mass is 10.0. The maximum absolute atomic E-state index is 12.1. The summed E-state index contributed by atoms with van der Waals surface area (Å²) >= 11 is 0. The number of nitrogens with zero attached hydrogens (tertiary/aromatic N) is 6. The third kappa shape index (κ3) is 5.16. The van der Waals surface area contributed by atoms with E-state index in [0.29, 0.717) is 5.69 Å². The molecule has 1 saturated heterocycles. The number of aromatic nitrogens is 4. The number of amides is 1. The van der Waals surface area contributed by atoms with E-state index in [4.69, 9.17) is 0 Å². The minimum Gasteiger partial charge on any atom is -0.351 e. The van der Waals surface area contributed by atoms with Crippen LogP contribution in [0, 0.1) is 13.8 Å². The molecule has 0 radical (unpaired) electrons. The second kappa shape index (κ2) is 10.2. The molecule has 1 N–H and O–H groups in total.